The van der Waals surface area contributed by atoms with E-state index >= 15 is 0 Å². The summed E-state index contributed by atoms with van der Waals surface area (Å²) in [5, 5.41) is 9.18. The van der Waals surface area contributed by atoms with Gasteiger partial charge in [0.15, 0.2) is 17.5 Å². The molecule has 0 aliphatic heterocycles. The van der Waals surface area contributed by atoms with Crippen molar-refractivity contribution in [1.29, 1.82) is 0 Å². The van der Waals surface area contributed by atoms with Gasteiger partial charge in [-0.25, -0.2) is 0 Å². The molecule has 0 saturated heterocycles. The Bertz CT molecular complexity index is 978. The van der Waals surface area contributed by atoms with Crippen LogP contribution in [-0.4, -0.2) is 34.3 Å². The van der Waals surface area contributed by atoms with Crippen molar-refractivity contribution >= 4 is 40.7 Å². The SMILES string of the molecule is CN=C(NCc1cc(OC)c(OC)c(OC)c1)NCc1cccc2ccccc12.I. The number of halogens is 1. The van der Waals surface area contributed by atoms with Crippen molar-refractivity contribution in [3.63, 3.8) is 0 Å². The average Bonchev–Trinajstić information content (AvgIpc) is 2.78. The van der Waals surface area contributed by atoms with Crippen LogP contribution in [0.3, 0.4) is 0 Å². The molecule has 6 nitrogen and oxygen atoms in total. The van der Waals surface area contributed by atoms with Gasteiger partial charge in [-0.2, -0.15) is 0 Å². The first-order valence-electron chi connectivity index (χ1n) is 9.40. The quantitative estimate of drug-likeness (QED) is 0.275. The molecule has 0 spiro atoms. The third-order valence-corrected chi connectivity index (χ3v) is 4.73. The highest BCUT2D eigenvalue weighted by atomic mass is 127. The standard InChI is InChI=1S/C23H27N3O3.HI/c1-24-23(26-15-18-10-7-9-17-8-5-6-11-19(17)18)25-14-16-12-20(27-2)22(29-4)21(13-16)28-3;/h5-13H,14-15H2,1-4H3,(H2,24,25,26);1H. The second-order valence-electron chi connectivity index (χ2n) is 6.45. The van der Waals surface area contributed by atoms with Gasteiger partial charge in [0.05, 0.1) is 21.3 Å². The van der Waals surface area contributed by atoms with Crippen LogP contribution < -0.4 is 24.8 Å². The van der Waals surface area contributed by atoms with Crippen molar-refractivity contribution in [3.05, 3.63) is 65.7 Å². The molecule has 0 heterocycles. The minimum atomic E-state index is 0. The Morgan fingerprint density at radius 1 is 0.833 bits per heavy atom. The van der Waals surface area contributed by atoms with Crippen molar-refractivity contribution in [2.45, 2.75) is 13.1 Å². The summed E-state index contributed by atoms with van der Waals surface area (Å²) in [4.78, 5) is 4.32. The van der Waals surface area contributed by atoms with E-state index in [1.165, 1.54) is 16.3 Å². The van der Waals surface area contributed by atoms with E-state index in [4.69, 9.17) is 14.2 Å². The first-order chi connectivity index (χ1) is 14.2. The second kappa shape index (κ2) is 11.5. The number of ether oxygens (including phenoxy) is 3. The van der Waals surface area contributed by atoms with Crippen LogP contribution in [0, 0.1) is 0 Å². The molecule has 30 heavy (non-hydrogen) atoms. The highest BCUT2D eigenvalue weighted by Crippen LogP contribution is 2.38. The van der Waals surface area contributed by atoms with Gasteiger partial charge in [0.1, 0.15) is 0 Å². The summed E-state index contributed by atoms with van der Waals surface area (Å²) in [6.07, 6.45) is 0. The third kappa shape index (κ3) is 5.47. The van der Waals surface area contributed by atoms with Gasteiger partial charge in [-0.05, 0) is 34.0 Å². The Kier molecular flexibility index (Phi) is 9.04. The summed E-state index contributed by atoms with van der Waals surface area (Å²) in [6.45, 7) is 1.24. The topological polar surface area (TPSA) is 64.1 Å². The number of methoxy groups -OCH3 is 3. The Hall–Kier alpha value is -2.68. The summed E-state index contributed by atoms with van der Waals surface area (Å²) >= 11 is 0. The lowest BCUT2D eigenvalue weighted by Crippen LogP contribution is -2.36. The number of aliphatic imine (C=N–C) groups is 1. The minimum Gasteiger partial charge on any atom is -0.493 e. The van der Waals surface area contributed by atoms with E-state index in [0.29, 0.717) is 36.3 Å². The molecule has 3 rings (SSSR count). The molecule has 2 N–H and O–H groups in total. The van der Waals surface area contributed by atoms with Crippen molar-refractivity contribution in [3.8, 4) is 17.2 Å². The summed E-state index contributed by atoms with van der Waals surface area (Å²) in [6, 6.07) is 18.5. The fraction of sp³-hybridized carbons (Fsp3) is 0.261. The predicted molar refractivity (Wildman–Crippen MR) is 132 cm³/mol. The lowest BCUT2D eigenvalue weighted by molar-refractivity contribution is 0.323. The highest BCUT2D eigenvalue weighted by molar-refractivity contribution is 14.0. The van der Waals surface area contributed by atoms with Crippen molar-refractivity contribution in [2.75, 3.05) is 28.4 Å². The van der Waals surface area contributed by atoms with E-state index in [9.17, 15) is 0 Å². The van der Waals surface area contributed by atoms with E-state index in [2.05, 4.69) is 58.1 Å². The Balaban J connectivity index is 0.00000320. The second-order valence-corrected chi connectivity index (χ2v) is 6.45. The van der Waals surface area contributed by atoms with Gasteiger partial charge in [0.2, 0.25) is 5.75 Å². The zero-order chi connectivity index (χ0) is 20.6. The van der Waals surface area contributed by atoms with Crippen LogP contribution in [0.15, 0.2) is 59.6 Å². The molecule has 0 aliphatic carbocycles. The molecule has 0 atom stereocenters. The van der Waals surface area contributed by atoms with Gasteiger partial charge < -0.3 is 24.8 Å². The molecule has 3 aromatic carbocycles. The minimum absolute atomic E-state index is 0. The number of guanidine groups is 1. The van der Waals surface area contributed by atoms with Crippen LogP contribution in [0.25, 0.3) is 10.8 Å². The summed E-state index contributed by atoms with van der Waals surface area (Å²) in [7, 11) is 6.57. The molecule has 0 fully saturated rings. The van der Waals surface area contributed by atoms with Gasteiger partial charge in [0.25, 0.3) is 0 Å². The Morgan fingerprint density at radius 2 is 1.47 bits per heavy atom. The van der Waals surface area contributed by atoms with Crippen LogP contribution in [0.5, 0.6) is 17.2 Å². The molecule has 7 heteroatoms. The Labute approximate surface area is 194 Å². The van der Waals surface area contributed by atoms with Gasteiger partial charge in [-0.3, -0.25) is 4.99 Å². The van der Waals surface area contributed by atoms with E-state index in [0.717, 1.165) is 5.56 Å². The summed E-state index contributed by atoms with van der Waals surface area (Å²) < 4.78 is 16.2. The van der Waals surface area contributed by atoms with Crippen molar-refractivity contribution < 1.29 is 14.2 Å². The average molecular weight is 521 g/mol. The molecule has 3 aromatic rings. The van der Waals surface area contributed by atoms with Gasteiger partial charge in [0, 0.05) is 20.1 Å². The molecule has 160 valence electrons. The first-order valence-corrected chi connectivity index (χ1v) is 9.40. The van der Waals surface area contributed by atoms with E-state index in [1.807, 2.05) is 12.1 Å². The summed E-state index contributed by atoms with van der Waals surface area (Å²) in [5.41, 5.74) is 2.21. The zero-order valence-electron chi connectivity index (χ0n) is 17.7. The maximum Gasteiger partial charge on any atom is 0.203 e. The summed E-state index contributed by atoms with van der Waals surface area (Å²) in [5.74, 6) is 2.55. The normalized spacial score (nSPS) is 10.9. The highest BCUT2D eigenvalue weighted by Gasteiger charge is 2.13. The van der Waals surface area contributed by atoms with Crippen LogP contribution in [0.1, 0.15) is 11.1 Å². The Morgan fingerprint density at radius 3 is 2.10 bits per heavy atom. The number of hydrogen-bond acceptors (Lipinski definition) is 4. The number of fused-ring (bicyclic) bond motifs is 1. The third-order valence-electron chi connectivity index (χ3n) is 4.73. The molecule has 0 aromatic heterocycles. The molecule has 0 bridgehead atoms. The number of benzene rings is 3. The molecular formula is C23H28IN3O3. The molecule has 0 radical (unpaired) electrons. The molecule has 0 aliphatic rings. The van der Waals surface area contributed by atoms with Gasteiger partial charge in [-0.15, -0.1) is 24.0 Å². The number of rotatable bonds is 7. The monoisotopic (exact) mass is 521 g/mol. The van der Waals surface area contributed by atoms with Crippen molar-refractivity contribution in [1.82, 2.24) is 10.6 Å². The van der Waals surface area contributed by atoms with Gasteiger partial charge >= 0.3 is 0 Å². The van der Waals surface area contributed by atoms with E-state index in [-0.39, 0.29) is 24.0 Å². The lowest BCUT2D eigenvalue weighted by Gasteiger charge is -2.16. The molecule has 0 unspecified atom stereocenters. The van der Waals surface area contributed by atoms with Gasteiger partial charge in [-0.1, -0.05) is 42.5 Å². The fourth-order valence-electron chi connectivity index (χ4n) is 3.27. The van der Waals surface area contributed by atoms with Crippen LogP contribution >= 0.6 is 24.0 Å². The van der Waals surface area contributed by atoms with Crippen molar-refractivity contribution in [2.24, 2.45) is 4.99 Å². The van der Waals surface area contributed by atoms with E-state index in [1.54, 1.807) is 28.4 Å². The maximum absolute atomic E-state index is 5.42. The lowest BCUT2D eigenvalue weighted by atomic mass is 10.0. The number of nitrogens with one attached hydrogen (secondary N) is 2. The molecule has 0 amide bonds. The van der Waals surface area contributed by atoms with Crippen LogP contribution in [0.4, 0.5) is 0 Å². The first kappa shape index (κ1) is 23.6. The zero-order valence-corrected chi connectivity index (χ0v) is 20.0. The smallest absolute Gasteiger partial charge is 0.203 e. The van der Waals surface area contributed by atoms with Crippen LogP contribution in [0.2, 0.25) is 0 Å². The molecule has 0 saturated carbocycles. The fourth-order valence-corrected chi connectivity index (χ4v) is 3.27. The predicted octanol–water partition coefficient (Wildman–Crippen LogP) is 4.35. The maximum atomic E-state index is 5.42. The largest absolute Gasteiger partial charge is 0.493 e. The van der Waals surface area contributed by atoms with Crippen LogP contribution in [-0.2, 0) is 13.1 Å². The number of nitrogens with zero attached hydrogens (tertiary/aromatic N) is 1. The molecular weight excluding hydrogens is 493 g/mol. The number of hydrogen-bond donors (Lipinski definition) is 2. The van der Waals surface area contributed by atoms with E-state index < -0.39 is 0 Å².